The second kappa shape index (κ2) is 7.36. The van der Waals surface area contributed by atoms with Crippen molar-refractivity contribution >= 4 is 11.3 Å². The molecule has 0 amide bonds. The van der Waals surface area contributed by atoms with E-state index in [-0.39, 0.29) is 0 Å². The lowest BCUT2D eigenvalue weighted by Gasteiger charge is -2.24. The van der Waals surface area contributed by atoms with Crippen molar-refractivity contribution in [1.82, 2.24) is 15.2 Å². The summed E-state index contributed by atoms with van der Waals surface area (Å²) in [7, 11) is 0. The van der Waals surface area contributed by atoms with Gasteiger partial charge >= 0.3 is 0 Å². The largest absolute Gasteiger partial charge is 0.314 e. The van der Waals surface area contributed by atoms with E-state index in [1.54, 1.807) is 11.3 Å². The van der Waals surface area contributed by atoms with Gasteiger partial charge in [0, 0.05) is 36.1 Å². The van der Waals surface area contributed by atoms with Gasteiger partial charge < -0.3 is 10.2 Å². The first-order valence-electron chi connectivity index (χ1n) is 7.53. The molecule has 19 heavy (non-hydrogen) atoms. The Morgan fingerprint density at radius 3 is 2.95 bits per heavy atom. The smallest absolute Gasteiger partial charge is 0.0940 e. The highest BCUT2D eigenvalue weighted by atomic mass is 32.1. The Morgan fingerprint density at radius 1 is 1.42 bits per heavy atom. The van der Waals surface area contributed by atoms with E-state index < -0.39 is 0 Å². The van der Waals surface area contributed by atoms with Gasteiger partial charge in [0.15, 0.2) is 0 Å². The molecule has 1 fully saturated rings. The van der Waals surface area contributed by atoms with E-state index in [2.05, 4.69) is 41.4 Å². The number of likely N-dealkylation sites (tertiary alicyclic amines) is 1. The minimum atomic E-state index is 0.692. The van der Waals surface area contributed by atoms with Crippen molar-refractivity contribution in [2.75, 3.05) is 19.6 Å². The van der Waals surface area contributed by atoms with Gasteiger partial charge in [0.2, 0.25) is 0 Å². The average Bonchev–Trinajstić information content (AvgIpc) is 2.64. The summed E-state index contributed by atoms with van der Waals surface area (Å²) in [6.07, 6.45) is 5.00. The molecule has 0 aliphatic carbocycles. The van der Waals surface area contributed by atoms with E-state index >= 15 is 0 Å². The molecule has 4 heteroatoms. The van der Waals surface area contributed by atoms with E-state index in [0.29, 0.717) is 12.1 Å². The normalized spacial score (nSPS) is 21.8. The fourth-order valence-corrected chi connectivity index (χ4v) is 3.52. The van der Waals surface area contributed by atoms with E-state index in [1.807, 2.05) is 0 Å². The maximum atomic E-state index is 4.52. The first-order chi connectivity index (χ1) is 9.15. The van der Waals surface area contributed by atoms with Crippen molar-refractivity contribution in [2.24, 2.45) is 0 Å². The van der Waals surface area contributed by atoms with Crippen LogP contribution in [-0.4, -0.2) is 41.6 Å². The van der Waals surface area contributed by atoms with Crippen molar-refractivity contribution in [3.05, 3.63) is 16.1 Å². The third kappa shape index (κ3) is 4.86. The maximum Gasteiger partial charge on any atom is 0.0940 e. The number of nitrogens with one attached hydrogen (secondary N) is 1. The van der Waals surface area contributed by atoms with E-state index in [9.17, 15) is 0 Å². The summed E-state index contributed by atoms with van der Waals surface area (Å²) in [5.74, 6) is 0. The molecular weight excluding hydrogens is 254 g/mol. The van der Waals surface area contributed by atoms with Gasteiger partial charge in [-0.15, -0.1) is 11.3 Å². The highest BCUT2D eigenvalue weighted by Crippen LogP contribution is 2.14. The summed E-state index contributed by atoms with van der Waals surface area (Å²) in [6.45, 7) is 10.3. The minimum absolute atomic E-state index is 0.692. The summed E-state index contributed by atoms with van der Waals surface area (Å²) in [5, 5.41) is 7.13. The van der Waals surface area contributed by atoms with Gasteiger partial charge in [0.05, 0.1) is 5.01 Å². The van der Waals surface area contributed by atoms with Crippen LogP contribution in [0.2, 0.25) is 0 Å². The Bertz CT molecular complexity index is 375. The van der Waals surface area contributed by atoms with E-state index in [0.717, 1.165) is 18.7 Å². The van der Waals surface area contributed by atoms with Gasteiger partial charge in [0.1, 0.15) is 0 Å². The average molecular weight is 281 g/mol. The van der Waals surface area contributed by atoms with Gasteiger partial charge in [-0.3, -0.25) is 0 Å². The quantitative estimate of drug-likeness (QED) is 0.899. The van der Waals surface area contributed by atoms with Crippen LogP contribution in [0.5, 0.6) is 0 Å². The maximum absolute atomic E-state index is 4.52. The Labute approximate surface area is 121 Å². The van der Waals surface area contributed by atoms with Crippen LogP contribution in [0.4, 0.5) is 0 Å². The highest BCUT2D eigenvalue weighted by molar-refractivity contribution is 7.09. The van der Waals surface area contributed by atoms with Crippen LogP contribution in [0.15, 0.2) is 5.38 Å². The molecule has 1 aromatic rings. The van der Waals surface area contributed by atoms with Gasteiger partial charge in [-0.2, -0.15) is 0 Å². The molecule has 1 N–H and O–H groups in total. The summed E-state index contributed by atoms with van der Waals surface area (Å²) in [4.78, 5) is 7.12. The van der Waals surface area contributed by atoms with Gasteiger partial charge in [0.25, 0.3) is 0 Å². The lowest BCUT2D eigenvalue weighted by Crippen LogP contribution is -2.34. The SMILES string of the molecule is Cc1csc(CCNC2CCCN(C(C)C)CC2)n1. The zero-order valence-electron chi connectivity index (χ0n) is 12.5. The molecule has 2 heterocycles. The first-order valence-corrected chi connectivity index (χ1v) is 8.41. The fourth-order valence-electron chi connectivity index (χ4n) is 2.74. The lowest BCUT2D eigenvalue weighted by molar-refractivity contribution is 0.229. The minimum Gasteiger partial charge on any atom is -0.314 e. The van der Waals surface area contributed by atoms with Crippen LogP contribution in [0.3, 0.4) is 0 Å². The number of hydrogen-bond acceptors (Lipinski definition) is 4. The zero-order chi connectivity index (χ0) is 13.7. The fraction of sp³-hybridized carbons (Fsp3) is 0.800. The molecule has 0 aromatic carbocycles. The molecule has 0 saturated carbocycles. The summed E-state index contributed by atoms with van der Waals surface area (Å²) in [5.41, 5.74) is 1.15. The first kappa shape index (κ1) is 14.9. The van der Waals surface area contributed by atoms with Crippen LogP contribution in [0.1, 0.15) is 43.8 Å². The molecular formula is C15H27N3S. The summed E-state index contributed by atoms with van der Waals surface area (Å²) < 4.78 is 0. The Kier molecular flexibility index (Phi) is 5.79. The Morgan fingerprint density at radius 2 is 2.26 bits per heavy atom. The Hall–Kier alpha value is -0.450. The van der Waals surface area contributed by atoms with Crippen molar-refractivity contribution in [1.29, 1.82) is 0 Å². The number of rotatable bonds is 5. The standard InChI is InChI=1S/C15H27N3S/c1-12(2)18-9-4-5-14(7-10-18)16-8-6-15-17-13(3)11-19-15/h11-12,14,16H,4-10H2,1-3H3. The molecule has 1 atom stereocenters. The monoisotopic (exact) mass is 281 g/mol. The van der Waals surface area contributed by atoms with E-state index in [1.165, 1.54) is 37.4 Å². The lowest BCUT2D eigenvalue weighted by atomic mass is 10.1. The Balaban J connectivity index is 1.68. The van der Waals surface area contributed by atoms with Gasteiger partial charge in [-0.25, -0.2) is 4.98 Å². The predicted molar refractivity (Wildman–Crippen MR) is 82.9 cm³/mol. The molecule has 1 saturated heterocycles. The van der Waals surface area contributed by atoms with Crippen molar-refractivity contribution in [3.63, 3.8) is 0 Å². The molecule has 0 radical (unpaired) electrons. The van der Waals surface area contributed by atoms with Gasteiger partial charge in [-0.05, 0) is 53.1 Å². The second-order valence-electron chi connectivity index (χ2n) is 5.84. The third-order valence-corrected chi connectivity index (χ3v) is 4.96. The molecule has 1 aliphatic rings. The number of aromatic nitrogens is 1. The number of hydrogen-bond donors (Lipinski definition) is 1. The van der Waals surface area contributed by atoms with Crippen molar-refractivity contribution < 1.29 is 0 Å². The summed E-state index contributed by atoms with van der Waals surface area (Å²) >= 11 is 1.79. The highest BCUT2D eigenvalue weighted by Gasteiger charge is 2.18. The molecule has 1 unspecified atom stereocenters. The van der Waals surface area contributed by atoms with Crippen LogP contribution >= 0.6 is 11.3 Å². The molecule has 108 valence electrons. The van der Waals surface area contributed by atoms with Crippen molar-refractivity contribution in [2.45, 2.75) is 58.5 Å². The number of thiazole rings is 1. The van der Waals surface area contributed by atoms with Crippen LogP contribution in [-0.2, 0) is 6.42 Å². The van der Waals surface area contributed by atoms with Crippen LogP contribution in [0.25, 0.3) is 0 Å². The molecule has 1 aromatic heterocycles. The zero-order valence-corrected chi connectivity index (χ0v) is 13.3. The molecule has 0 spiro atoms. The predicted octanol–water partition coefficient (Wildman–Crippen LogP) is 2.85. The van der Waals surface area contributed by atoms with Crippen molar-refractivity contribution in [3.8, 4) is 0 Å². The van der Waals surface area contributed by atoms with Crippen LogP contribution in [0, 0.1) is 6.92 Å². The van der Waals surface area contributed by atoms with E-state index in [4.69, 9.17) is 0 Å². The van der Waals surface area contributed by atoms with Crippen LogP contribution < -0.4 is 5.32 Å². The summed E-state index contributed by atoms with van der Waals surface area (Å²) in [6, 6.07) is 1.39. The third-order valence-electron chi connectivity index (χ3n) is 3.93. The number of aryl methyl sites for hydroxylation is 1. The molecule has 0 bridgehead atoms. The second-order valence-corrected chi connectivity index (χ2v) is 6.79. The van der Waals surface area contributed by atoms with Gasteiger partial charge in [-0.1, -0.05) is 0 Å². The number of nitrogens with zero attached hydrogens (tertiary/aromatic N) is 2. The topological polar surface area (TPSA) is 28.2 Å². The molecule has 1 aliphatic heterocycles. The molecule has 2 rings (SSSR count). The molecule has 3 nitrogen and oxygen atoms in total.